The van der Waals surface area contributed by atoms with Crippen molar-refractivity contribution in [2.24, 2.45) is 34.5 Å². The molecule has 47 heavy (non-hydrogen) atoms. The molecular weight excluding hydrogens is 578 g/mol. The van der Waals surface area contributed by atoms with E-state index in [9.17, 15) is 9.59 Å². The fourth-order valence-electron chi connectivity index (χ4n) is 11.0. The van der Waals surface area contributed by atoms with E-state index in [1.165, 1.54) is 48.8 Å². The lowest BCUT2D eigenvalue weighted by molar-refractivity contribution is -0.138. The van der Waals surface area contributed by atoms with Crippen molar-refractivity contribution in [2.75, 3.05) is 18.9 Å². The molecule has 2 heterocycles. The van der Waals surface area contributed by atoms with Crippen LogP contribution in [0.5, 0.6) is 0 Å². The number of carbonyl (C=O) groups excluding carboxylic acids is 2. The van der Waals surface area contributed by atoms with E-state index in [2.05, 4.69) is 97.3 Å². The zero-order chi connectivity index (χ0) is 32.3. The van der Waals surface area contributed by atoms with E-state index in [4.69, 9.17) is 0 Å². The maximum atomic E-state index is 13.7. The second-order valence-electron chi connectivity index (χ2n) is 15.9. The maximum Gasteiger partial charge on any atom is 0.251 e. The quantitative estimate of drug-likeness (QED) is 0.306. The molecule has 5 nitrogen and oxygen atoms in total. The summed E-state index contributed by atoms with van der Waals surface area (Å²) in [5, 5.41) is 6.96. The first-order chi connectivity index (χ1) is 22.7. The van der Waals surface area contributed by atoms with Crippen LogP contribution in [0.3, 0.4) is 0 Å². The summed E-state index contributed by atoms with van der Waals surface area (Å²) in [6.07, 6.45) is 13.1. The Labute approximate surface area is 280 Å². The lowest BCUT2D eigenvalue weighted by Crippen LogP contribution is -2.59. The molecule has 2 aliphatic heterocycles. The summed E-state index contributed by atoms with van der Waals surface area (Å²) in [6.45, 7) is 5.70. The van der Waals surface area contributed by atoms with E-state index in [0.717, 1.165) is 42.7 Å². The molecule has 1 unspecified atom stereocenters. The summed E-state index contributed by atoms with van der Waals surface area (Å²) in [5.74, 6) is 3.02. The normalized spacial score (nSPS) is 32.9. The number of rotatable bonds is 4. The summed E-state index contributed by atoms with van der Waals surface area (Å²) in [6, 6.07) is 26.1. The molecule has 5 aliphatic rings. The highest BCUT2D eigenvalue weighted by molar-refractivity contribution is 5.94. The van der Waals surface area contributed by atoms with Crippen LogP contribution in [0.15, 0.2) is 84.9 Å². The monoisotopic (exact) mass is 627 g/mol. The van der Waals surface area contributed by atoms with E-state index >= 15 is 0 Å². The van der Waals surface area contributed by atoms with Crippen molar-refractivity contribution < 1.29 is 9.59 Å². The van der Waals surface area contributed by atoms with Gasteiger partial charge in [-0.05, 0) is 146 Å². The van der Waals surface area contributed by atoms with Crippen molar-refractivity contribution >= 4 is 23.2 Å². The molecule has 8 rings (SSSR count). The number of amides is 2. The first-order valence-corrected chi connectivity index (χ1v) is 18.0. The zero-order valence-electron chi connectivity index (χ0n) is 28.2. The van der Waals surface area contributed by atoms with Crippen molar-refractivity contribution in [3.05, 3.63) is 107 Å². The first-order valence-electron chi connectivity index (χ1n) is 18.0. The Morgan fingerprint density at radius 2 is 1.60 bits per heavy atom. The predicted molar refractivity (Wildman–Crippen MR) is 189 cm³/mol. The summed E-state index contributed by atoms with van der Waals surface area (Å²) < 4.78 is 0. The lowest BCUT2D eigenvalue weighted by Gasteiger charge is -2.60. The van der Waals surface area contributed by atoms with E-state index in [1.807, 2.05) is 24.1 Å². The highest BCUT2D eigenvalue weighted by atomic mass is 16.2. The first kappa shape index (κ1) is 30.5. The van der Waals surface area contributed by atoms with Gasteiger partial charge in [0.15, 0.2) is 0 Å². The van der Waals surface area contributed by atoms with Crippen LogP contribution < -0.4 is 10.6 Å². The number of benzene rings is 3. The smallest absolute Gasteiger partial charge is 0.251 e. The van der Waals surface area contributed by atoms with Crippen LogP contribution in [-0.2, 0) is 17.6 Å². The van der Waals surface area contributed by atoms with Crippen molar-refractivity contribution in [3.63, 3.8) is 0 Å². The molecule has 7 atom stereocenters. The van der Waals surface area contributed by atoms with Gasteiger partial charge in [-0.1, -0.05) is 56.3 Å². The Balaban J connectivity index is 0.964. The Morgan fingerprint density at radius 3 is 2.34 bits per heavy atom. The largest absolute Gasteiger partial charge is 0.356 e. The third-order valence-corrected chi connectivity index (χ3v) is 13.6. The van der Waals surface area contributed by atoms with Gasteiger partial charge in [-0.25, -0.2) is 0 Å². The van der Waals surface area contributed by atoms with Gasteiger partial charge in [0.25, 0.3) is 5.91 Å². The van der Waals surface area contributed by atoms with Crippen LogP contribution in [0.2, 0.25) is 0 Å². The van der Waals surface area contributed by atoms with Gasteiger partial charge < -0.3 is 15.5 Å². The lowest BCUT2D eigenvalue weighted by atomic mass is 9.47. The molecule has 0 aromatic heterocycles. The molecule has 3 fully saturated rings. The minimum Gasteiger partial charge on any atom is -0.356 e. The van der Waals surface area contributed by atoms with Gasteiger partial charge in [0.1, 0.15) is 0 Å². The highest BCUT2D eigenvalue weighted by Crippen LogP contribution is 2.65. The second-order valence-corrected chi connectivity index (χ2v) is 15.9. The zero-order valence-corrected chi connectivity index (χ0v) is 28.2. The number of likely N-dealkylation sites (N-methyl/N-ethyl adjacent to an activating group) is 1. The van der Waals surface area contributed by atoms with Crippen molar-refractivity contribution in [1.29, 1.82) is 0 Å². The third kappa shape index (κ3) is 5.30. The molecule has 5 heteroatoms. The molecule has 4 bridgehead atoms. The van der Waals surface area contributed by atoms with E-state index in [1.54, 1.807) is 0 Å². The van der Waals surface area contributed by atoms with Gasteiger partial charge in [0, 0.05) is 42.0 Å². The Hall–Kier alpha value is -3.86. The molecule has 244 valence electrons. The van der Waals surface area contributed by atoms with Crippen LogP contribution >= 0.6 is 0 Å². The van der Waals surface area contributed by atoms with E-state index in [0.29, 0.717) is 29.7 Å². The van der Waals surface area contributed by atoms with Gasteiger partial charge in [-0.3, -0.25) is 9.59 Å². The minimum absolute atomic E-state index is 0.0497. The summed E-state index contributed by atoms with van der Waals surface area (Å²) in [7, 11) is 2.00. The number of nitrogens with zero attached hydrogens (tertiary/aromatic N) is 1. The number of hydrogen-bond donors (Lipinski definition) is 2. The van der Waals surface area contributed by atoms with E-state index < -0.39 is 0 Å². The molecule has 3 aromatic carbocycles. The Kier molecular flexibility index (Phi) is 7.57. The third-order valence-electron chi connectivity index (χ3n) is 13.6. The fraction of sp³-hybridized carbons (Fsp3) is 0.476. The number of anilines is 2. The molecule has 0 radical (unpaired) electrons. The molecule has 3 aromatic rings. The molecule has 2 amide bonds. The van der Waals surface area contributed by atoms with Crippen molar-refractivity contribution in [1.82, 2.24) is 10.2 Å². The summed E-state index contributed by atoms with van der Waals surface area (Å²) in [4.78, 5) is 28.2. The predicted octanol–water partition coefficient (Wildman–Crippen LogP) is 8.30. The standard InChI is InChI=1S/C42H49N3O2/c1-41-19-17-37-35(14-16-38-42(37,2)20-18-39(46)45(38)3)36(41)15-13-32(41)26-43-40(47)30-10-6-9-29(25-30)31-21-27-7-4-11-33(23-27)44-34-12-5-8-28(22-31)24-34/h4-12,18,20,23-25,31-32,35-38,44H,13-17,19,21-22,26H2,1-3H3,(H,43,47)/t32?,35-,36-,37-,38+,41+,42+/m0/s1. The minimum atomic E-state index is 0.0497. The second kappa shape index (κ2) is 11.7. The number of carbonyl (C=O) groups is 2. The Morgan fingerprint density at radius 1 is 0.872 bits per heavy atom. The fourth-order valence-corrected chi connectivity index (χ4v) is 11.0. The van der Waals surface area contributed by atoms with Gasteiger partial charge in [0.05, 0.1) is 0 Å². The number of fused-ring (bicyclic) bond motifs is 9. The topological polar surface area (TPSA) is 61.4 Å². The molecule has 0 spiro atoms. The maximum absolute atomic E-state index is 13.7. The van der Waals surface area contributed by atoms with Gasteiger partial charge in [-0.2, -0.15) is 0 Å². The van der Waals surface area contributed by atoms with Gasteiger partial charge >= 0.3 is 0 Å². The van der Waals surface area contributed by atoms with Gasteiger partial charge in [-0.15, -0.1) is 0 Å². The molecule has 0 saturated heterocycles. The number of nitrogens with one attached hydrogen (secondary N) is 2. The van der Waals surface area contributed by atoms with E-state index in [-0.39, 0.29) is 28.6 Å². The molecule has 3 saturated carbocycles. The van der Waals surface area contributed by atoms with Crippen LogP contribution in [0, 0.1) is 34.5 Å². The van der Waals surface area contributed by atoms with Crippen molar-refractivity contribution in [2.45, 2.75) is 77.2 Å². The van der Waals surface area contributed by atoms with Crippen molar-refractivity contribution in [3.8, 4) is 0 Å². The SMILES string of the molecule is CN1C(=O)C=C[C@]2(C)[C@H]3CC[C@]4(C)C(CNC(=O)c5cccc(C6Cc7cccc(c7)Nc7cccc(c7)C6)c5)CC[C@H]4[C@@H]3CC[C@@H]12. The molecule has 3 aliphatic carbocycles. The Bertz CT molecular complexity index is 1680. The van der Waals surface area contributed by atoms with Gasteiger partial charge in [0.2, 0.25) is 5.91 Å². The average molecular weight is 628 g/mol. The summed E-state index contributed by atoms with van der Waals surface area (Å²) >= 11 is 0. The molecular formula is C42H49N3O2. The molecule has 2 N–H and O–H groups in total. The summed E-state index contributed by atoms with van der Waals surface area (Å²) in [5.41, 5.74) is 7.16. The highest BCUT2D eigenvalue weighted by Gasteiger charge is 2.60. The number of hydrogen-bond acceptors (Lipinski definition) is 3. The average Bonchev–Trinajstić information content (AvgIpc) is 3.41. The van der Waals surface area contributed by atoms with Crippen LogP contribution in [-0.4, -0.2) is 36.3 Å². The van der Waals surface area contributed by atoms with Crippen LogP contribution in [0.4, 0.5) is 11.4 Å². The van der Waals surface area contributed by atoms with Crippen LogP contribution in [0.1, 0.15) is 85.3 Å². The van der Waals surface area contributed by atoms with Crippen LogP contribution in [0.25, 0.3) is 0 Å².